The standard InChI is InChI=1S/C22H24N2O4/c1-4-12-27-19-9-7-8-17(14-19)16-23-24-22(25)18-10-11-20(28-13-5-2)21(15-18)26-6-3/h4-5,7-11,14-16H,1-2,6,12-13H2,3H3,(H,24,25)/b23-16+. The van der Waals surface area contributed by atoms with E-state index in [1.807, 2.05) is 31.2 Å². The molecular formula is C22H24N2O4. The van der Waals surface area contributed by atoms with E-state index in [0.717, 1.165) is 5.56 Å². The van der Waals surface area contributed by atoms with Gasteiger partial charge in [0.2, 0.25) is 0 Å². The van der Waals surface area contributed by atoms with Crippen molar-refractivity contribution in [1.82, 2.24) is 5.43 Å². The molecule has 146 valence electrons. The summed E-state index contributed by atoms with van der Waals surface area (Å²) in [5.74, 6) is 1.39. The molecule has 0 heterocycles. The Balaban J connectivity index is 2.04. The first-order valence-corrected chi connectivity index (χ1v) is 8.85. The molecule has 0 atom stereocenters. The fourth-order valence-electron chi connectivity index (χ4n) is 2.26. The number of nitrogens with zero attached hydrogens (tertiary/aromatic N) is 1. The highest BCUT2D eigenvalue weighted by atomic mass is 16.5. The summed E-state index contributed by atoms with van der Waals surface area (Å²) in [6.07, 6.45) is 4.86. The Hall–Kier alpha value is -3.54. The number of amides is 1. The Morgan fingerprint density at radius 1 is 1.04 bits per heavy atom. The normalized spacial score (nSPS) is 10.3. The quantitative estimate of drug-likeness (QED) is 0.364. The molecule has 2 aromatic carbocycles. The van der Waals surface area contributed by atoms with Crippen LogP contribution in [0.4, 0.5) is 0 Å². The summed E-state index contributed by atoms with van der Waals surface area (Å²) in [5, 5.41) is 4.00. The maximum Gasteiger partial charge on any atom is 0.271 e. The Morgan fingerprint density at radius 3 is 2.57 bits per heavy atom. The van der Waals surface area contributed by atoms with E-state index in [-0.39, 0.29) is 5.91 Å². The Labute approximate surface area is 165 Å². The molecule has 0 bridgehead atoms. The summed E-state index contributed by atoms with van der Waals surface area (Å²) in [4.78, 5) is 12.4. The lowest BCUT2D eigenvalue weighted by molar-refractivity contribution is 0.0954. The predicted molar refractivity (Wildman–Crippen MR) is 110 cm³/mol. The average molecular weight is 380 g/mol. The molecule has 1 N–H and O–H groups in total. The molecule has 2 rings (SSSR count). The highest BCUT2D eigenvalue weighted by Gasteiger charge is 2.11. The maximum absolute atomic E-state index is 12.4. The molecule has 0 unspecified atom stereocenters. The van der Waals surface area contributed by atoms with Gasteiger partial charge in [-0.15, -0.1) is 0 Å². The number of rotatable bonds is 11. The molecule has 0 aromatic heterocycles. The van der Waals surface area contributed by atoms with Crippen molar-refractivity contribution >= 4 is 12.1 Å². The molecule has 0 saturated carbocycles. The molecule has 0 aliphatic rings. The number of hydrogen-bond donors (Lipinski definition) is 1. The van der Waals surface area contributed by atoms with Gasteiger partial charge in [-0.3, -0.25) is 4.79 Å². The second kappa shape index (κ2) is 11.2. The third-order valence-corrected chi connectivity index (χ3v) is 3.47. The Bertz CT molecular complexity index is 846. The molecule has 2 aromatic rings. The second-order valence-corrected chi connectivity index (χ2v) is 5.57. The molecule has 6 nitrogen and oxygen atoms in total. The lowest BCUT2D eigenvalue weighted by Crippen LogP contribution is -2.17. The van der Waals surface area contributed by atoms with Crippen LogP contribution in [0.1, 0.15) is 22.8 Å². The van der Waals surface area contributed by atoms with Crippen molar-refractivity contribution in [2.45, 2.75) is 6.92 Å². The largest absolute Gasteiger partial charge is 0.490 e. The lowest BCUT2D eigenvalue weighted by atomic mass is 10.2. The van der Waals surface area contributed by atoms with E-state index < -0.39 is 0 Å². The van der Waals surface area contributed by atoms with E-state index in [0.29, 0.717) is 42.6 Å². The van der Waals surface area contributed by atoms with Gasteiger partial charge in [0.25, 0.3) is 5.91 Å². The maximum atomic E-state index is 12.4. The van der Waals surface area contributed by atoms with E-state index in [2.05, 4.69) is 23.7 Å². The number of carbonyl (C=O) groups is 1. The van der Waals surface area contributed by atoms with Crippen molar-refractivity contribution in [3.8, 4) is 17.2 Å². The van der Waals surface area contributed by atoms with Crippen molar-refractivity contribution in [2.24, 2.45) is 5.10 Å². The summed E-state index contributed by atoms with van der Waals surface area (Å²) >= 11 is 0. The first-order chi connectivity index (χ1) is 13.7. The van der Waals surface area contributed by atoms with Gasteiger partial charge in [0.15, 0.2) is 11.5 Å². The minimum Gasteiger partial charge on any atom is -0.490 e. The van der Waals surface area contributed by atoms with Gasteiger partial charge in [-0.25, -0.2) is 5.43 Å². The van der Waals surface area contributed by atoms with E-state index >= 15 is 0 Å². The number of hydrogen-bond acceptors (Lipinski definition) is 5. The van der Waals surface area contributed by atoms with Crippen molar-refractivity contribution in [2.75, 3.05) is 19.8 Å². The Morgan fingerprint density at radius 2 is 1.82 bits per heavy atom. The number of hydrazone groups is 1. The molecule has 1 amide bonds. The van der Waals surface area contributed by atoms with Crippen LogP contribution in [0.15, 0.2) is 72.9 Å². The van der Waals surface area contributed by atoms with Gasteiger partial charge in [0.05, 0.1) is 12.8 Å². The van der Waals surface area contributed by atoms with E-state index in [1.165, 1.54) is 0 Å². The molecule has 6 heteroatoms. The van der Waals surface area contributed by atoms with Crippen LogP contribution in [0.5, 0.6) is 17.2 Å². The van der Waals surface area contributed by atoms with Crippen LogP contribution in [0, 0.1) is 0 Å². The monoisotopic (exact) mass is 380 g/mol. The smallest absolute Gasteiger partial charge is 0.271 e. The molecule has 0 fully saturated rings. The molecular weight excluding hydrogens is 356 g/mol. The van der Waals surface area contributed by atoms with Gasteiger partial charge in [0.1, 0.15) is 19.0 Å². The SMILES string of the molecule is C=CCOc1cccc(/C=N/NC(=O)c2ccc(OCC=C)c(OCC)c2)c1. The first-order valence-electron chi connectivity index (χ1n) is 8.85. The van der Waals surface area contributed by atoms with Crippen molar-refractivity contribution in [3.63, 3.8) is 0 Å². The van der Waals surface area contributed by atoms with Crippen molar-refractivity contribution < 1.29 is 19.0 Å². The van der Waals surface area contributed by atoms with Crippen LogP contribution in [-0.2, 0) is 0 Å². The van der Waals surface area contributed by atoms with Crippen LogP contribution in [0.3, 0.4) is 0 Å². The minimum absolute atomic E-state index is 0.353. The third kappa shape index (κ3) is 6.32. The first kappa shape index (κ1) is 20.8. The van der Waals surface area contributed by atoms with E-state index in [4.69, 9.17) is 14.2 Å². The topological polar surface area (TPSA) is 69.2 Å². The lowest BCUT2D eigenvalue weighted by Gasteiger charge is -2.12. The van der Waals surface area contributed by atoms with Crippen LogP contribution in [0.25, 0.3) is 0 Å². The van der Waals surface area contributed by atoms with E-state index in [1.54, 1.807) is 36.6 Å². The number of nitrogens with one attached hydrogen (secondary N) is 1. The van der Waals surface area contributed by atoms with Crippen LogP contribution in [0.2, 0.25) is 0 Å². The van der Waals surface area contributed by atoms with Crippen molar-refractivity contribution in [1.29, 1.82) is 0 Å². The Kier molecular flexibility index (Phi) is 8.33. The minimum atomic E-state index is -0.355. The van der Waals surface area contributed by atoms with Gasteiger partial charge in [-0.1, -0.05) is 37.4 Å². The third-order valence-electron chi connectivity index (χ3n) is 3.47. The summed E-state index contributed by atoms with van der Waals surface area (Å²) in [6.45, 7) is 10.3. The fourth-order valence-corrected chi connectivity index (χ4v) is 2.26. The molecule has 0 saturated heterocycles. The van der Waals surface area contributed by atoms with Crippen LogP contribution in [-0.4, -0.2) is 31.9 Å². The second-order valence-electron chi connectivity index (χ2n) is 5.57. The van der Waals surface area contributed by atoms with Crippen LogP contribution >= 0.6 is 0 Å². The summed E-state index contributed by atoms with van der Waals surface area (Å²) in [7, 11) is 0. The van der Waals surface area contributed by atoms with Gasteiger partial charge < -0.3 is 14.2 Å². The molecule has 28 heavy (non-hydrogen) atoms. The zero-order valence-corrected chi connectivity index (χ0v) is 15.9. The summed E-state index contributed by atoms with van der Waals surface area (Å²) in [5.41, 5.74) is 3.71. The molecule has 0 aliphatic heterocycles. The predicted octanol–water partition coefficient (Wildman–Crippen LogP) is 3.98. The summed E-state index contributed by atoms with van der Waals surface area (Å²) < 4.78 is 16.5. The highest BCUT2D eigenvalue weighted by Crippen LogP contribution is 2.28. The zero-order chi connectivity index (χ0) is 20.2. The summed E-state index contributed by atoms with van der Waals surface area (Å²) in [6, 6.07) is 12.3. The number of benzene rings is 2. The van der Waals surface area contributed by atoms with Crippen molar-refractivity contribution in [3.05, 3.63) is 78.9 Å². The van der Waals surface area contributed by atoms with Gasteiger partial charge in [-0.2, -0.15) is 5.10 Å². The molecule has 0 aliphatic carbocycles. The highest BCUT2D eigenvalue weighted by molar-refractivity contribution is 5.95. The number of ether oxygens (including phenoxy) is 3. The molecule has 0 spiro atoms. The average Bonchev–Trinajstić information content (AvgIpc) is 2.71. The zero-order valence-electron chi connectivity index (χ0n) is 15.9. The van der Waals surface area contributed by atoms with Gasteiger partial charge >= 0.3 is 0 Å². The number of carbonyl (C=O) groups excluding carboxylic acids is 1. The fraction of sp³-hybridized carbons (Fsp3) is 0.182. The van der Waals surface area contributed by atoms with Gasteiger partial charge in [-0.05, 0) is 42.8 Å². The van der Waals surface area contributed by atoms with E-state index in [9.17, 15) is 4.79 Å². The van der Waals surface area contributed by atoms with Crippen LogP contribution < -0.4 is 19.6 Å². The van der Waals surface area contributed by atoms with Gasteiger partial charge in [0, 0.05) is 5.56 Å². The molecule has 0 radical (unpaired) electrons.